The van der Waals surface area contributed by atoms with Crippen LogP contribution >= 0.6 is 0 Å². The fourth-order valence-corrected chi connectivity index (χ4v) is 4.25. The van der Waals surface area contributed by atoms with Gasteiger partial charge < -0.3 is 25.0 Å². The quantitative estimate of drug-likeness (QED) is 0.242. The highest BCUT2D eigenvalue weighted by atomic mass is 19.2. The summed E-state index contributed by atoms with van der Waals surface area (Å²) in [6.07, 6.45) is -0.947. The molecule has 0 bridgehead atoms. The van der Waals surface area contributed by atoms with Gasteiger partial charge in [0.05, 0.1) is 6.42 Å². The van der Waals surface area contributed by atoms with Crippen molar-refractivity contribution in [3.63, 3.8) is 0 Å². The summed E-state index contributed by atoms with van der Waals surface area (Å²) in [4.78, 5) is 50.4. The van der Waals surface area contributed by atoms with E-state index in [4.69, 9.17) is 0 Å². The maximum Gasteiger partial charge on any atom is 0.305 e. The van der Waals surface area contributed by atoms with Crippen LogP contribution in [-0.2, 0) is 21.4 Å². The van der Waals surface area contributed by atoms with Crippen LogP contribution in [0.5, 0.6) is 5.75 Å². The summed E-state index contributed by atoms with van der Waals surface area (Å²) < 4.78 is 60.9. The number of para-hydroxylation sites is 1. The van der Waals surface area contributed by atoms with Gasteiger partial charge in [0, 0.05) is 24.0 Å². The zero-order valence-electron chi connectivity index (χ0n) is 22.0. The average molecular weight is 566 g/mol. The number of hydrogen-bond acceptors (Lipinski definition) is 5. The first-order valence-electron chi connectivity index (χ1n) is 12.1. The van der Waals surface area contributed by atoms with E-state index in [1.54, 1.807) is 32.4 Å². The predicted octanol–water partition coefficient (Wildman–Crippen LogP) is 3.41. The molecule has 0 fully saturated rings. The molecular weight excluding hydrogens is 538 g/mol. The Morgan fingerprint density at radius 2 is 1.60 bits per heavy atom. The van der Waals surface area contributed by atoms with Crippen molar-refractivity contribution in [3.8, 4) is 5.75 Å². The average Bonchev–Trinajstić information content (AvgIpc) is 3.14. The van der Waals surface area contributed by atoms with Crippen LogP contribution in [0.1, 0.15) is 36.3 Å². The molecular formula is C27H27F4N3O6. The number of Topliss-reactive ketones (excluding diaryl/α,β-unsaturated/α-hetero) is 1. The van der Waals surface area contributed by atoms with E-state index in [9.17, 15) is 41.8 Å². The molecule has 3 rings (SSSR count). The van der Waals surface area contributed by atoms with Gasteiger partial charge in [-0.1, -0.05) is 32.0 Å². The zero-order valence-corrected chi connectivity index (χ0v) is 22.0. The number of fused-ring (bicyclic) bond motifs is 1. The highest BCUT2D eigenvalue weighted by Gasteiger charge is 2.32. The fourth-order valence-electron chi connectivity index (χ4n) is 4.25. The second kappa shape index (κ2) is 12.2. The number of carboxylic acids is 1. The number of nitrogens with zero attached hydrogens (tertiary/aromatic N) is 1. The first-order valence-corrected chi connectivity index (χ1v) is 12.1. The van der Waals surface area contributed by atoms with Crippen LogP contribution in [-0.4, -0.2) is 51.9 Å². The molecule has 0 aliphatic heterocycles. The number of halogens is 4. The minimum absolute atomic E-state index is 0.0489. The van der Waals surface area contributed by atoms with Gasteiger partial charge in [0.25, 0.3) is 5.91 Å². The molecule has 1 unspecified atom stereocenters. The summed E-state index contributed by atoms with van der Waals surface area (Å²) in [5.41, 5.74) is 1.74. The number of aromatic nitrogens is 1. The van der Waals surface area contributed by atoms with Crippen LogP contribution in [0.15, 0.2) is 30.3 Å². The smallest absolute Gasteiger partial charge is 0.305 e. The number of amides is 2. The van der Waals surface area contributed by atoms with Gasteiger partial charge in [-0.15, -0.1) is 0 Å². The molecule has 0 aliphatic rings. The summed E-state index contributed by atoms with van der Waals surface area (Å²) in [6, 6.07) is 4.27. The van der Waals surface area contributed by atoms with Crippen molar-refractivity contribution in [2.45, 2.75) is 39.3 Å². The standard InChI is InChI=1S/C27H27F4N3O6/c1-12(2)23(33-27(39)24-13(3)14-7-5-6-8-18(14)34(24)4)26(38)32-17(10-20(36)37)19(35)11-40-25-21(30)15(28)9-16(29)22(25)31/h5-9,12,17,23H,10-11H2,1-4H3,(H,32,38)(H,33,39)(H,36,37)/t17?,23-/m0/s1. The molecule has 0 radical (unpaired) electrons. The SMILES string of the molecule is Cc1c(C(=O)N[C@H](C(=O)NC(CC(=O)O)C(=O)COc2c(F)c(F)cc(F)c2F)C(C)C)n(C)c2ccccc12. The first-order chi connectivity index (χ1) is 18.7. The molecule has 40 heavy (non-hydrogen) atoms. The molecule has 0 saturated heterocycles. The molecule has 9 nitrogen and oxygen atoms in total. The van der Waals surface area contributed by atoms with E-state index in [0.29, 0.717) is 5.56 Å². The van der Waals surface area contributed by atoms with Gasteiger partial charge >= 0.3 is 5.97 Å². The number of carbonyl (C=O) groups excluding carboxylic acids is 3. The molecule has 2 amide bonds. The Labute approximate surface area is 226 Å². The maximum atomic E-state index is 13.9. The summed E-state index contributed by atoms with van der Waals surface area (Å²) >= 11 is 0. The van der Waals surface area contributed by atoms with Crippen molar-refractivity contribution in [1.29, 1.82) is 0 Å². The lowest BCUT2D eigenvalue weighted by atomic mass is 10.0. The van der Waals surface area contributed by atoms with E-state index in [0.717, 1.165) is 10.9 Å². The van der Waals surface area contributed by atoms with Crippen molar-refractivity contribution in [3.05, 3.63) is 64.9 Å². The number of ether oxygens (including phenoxy) is 1. The maximum absolute atomic E-state index is 13.9. The van der Waals surface area contributed by atoms with E-state index in [1.165, 1.54) is 0 Å². The zero-order chi connectivity index (χ0) is 29.9. The molecule has 0 aliphatic carbocycles. The van der Waals surface area contributed by atoms with Crippen molar-refractivity contribution in [1.82, 2.24) is 15.2 Å². The number of benzene rings is 2. The van der Waals surface area contributed by atoms with E-state index in [-0.39, 0.29) is 11.8 Å². The summed E-state index contributed by atoms with van der Waals surface area (Å²) in [5.74, 6) is -13.5. The van der Waals surface area contributed by atoms with E-state index in [1.807, 2.05) is 24.3 Å². The van der Waals surface area contributed by atoms with Crippen molar-refractivity contribution in [2.24, 2.45) is 13.0 Å². The Morgan fingerprint density at radius 1 is 1.00 bits per heavy atom. The number of aliphatic carboxylic acids is 1. The van der Waals surface area contributed by atoms with Crippen molar-refractivity contribution < 1.29 is 46.6 Å². The third-order valence-corrected chi connectivity index (χ3v) is 6.33. The molecule has 3 N–H and O–H groups in total. The summed E-state index contributed by atoms with van der Waals surface area (Å²) in [6.45, 7) is 3.75. The highest BCUT2D eigenvalue weighted by molar-refractivity contribution is 6.03. The third kappa shape index (κ3) is 6.24. The first kappa shape index (κ1) is 30.1. The van der Waals surface area contributed by atoms with E-state index in [2.05, 4.69) is 15.4 Å². The fraction of sp³-hybridized carbons (Fsp3) is 0.333. The predicted molar refractivity (Wildman–Crippen MR) is 135 cm³/mol. The number of hydrogen-bond donors (Lipinski definition) is 3. The van der Waals surface area contributed by atoms with Crippen molar-refractivity contribution >= 4 is 34.5 Å². The number of nitrogens with one attached hydrogen (secondary N) is 2. The highest BCUT2D eigenvalue weighted by Crippen LogP contribution is 2.27. The second-order valence-corrected chi connectivity index (χ2v) is 9.46. The molecule has 2 aromatic carbocycles. The second-order valence-electron chi connectivity index (χ2n) is 9.46. The third-order valence-electron chi connectivity index (χ3n) is 6.33. The number of carboxylic acid groups (broad SMARTS) is 1. The van der Waals surface area contributed by atoms with Crippen LogP contribution in [0.4, 0.5) is 17.6 Å². The van der Waals surface area contributed by atoms with Gasteiger partial charge in [-0.25, -0.2) is 8.78 Å². The summed E-state index contributed by atoms with van der Waals surface area (Å²) in [7, 11) is 1.69. The lowest BCUT2D eigenvalue weighted by Gasteiger charge is -2.25. The van der Waals surface area contributed by atoms with Crippen LogP contribution in [0.25, 0.3) is 10.9 Å². The van der Waals surface area contributed by atoms with Gasteiger partial charge in [-0.2, -0.15) is 8.78 Å². The number of ketones is 1. The van der Waals surface area contributed by atoms with Crippen LogP contribution in [0.3, 0.4) is 0 Å². The van der Waals surface area contributed by atoms with Crippen LogP contribution in [0.2, 0.25) is 0 Å². The Kier molecular flexibility index (Phi) is 9.17. The Balaban J connectivity index is 1.79. The molecule has 13 heteroatoms. The molecule has 0 spiro atoms. The van der Waals surface area contributed by atoms with Crippen LogP contribution in [0, 0.1) is 36.1 Å². The van der Waals surface area contributed by atoms with Gasteiger partial charge in [0.15, 0.2) is 23.2 Å². The van der Waals surface area contributed by atoms with Gasteiger partial charge in [-0.05, 0) is 24.5 Å². The Hall–Kier alpha value is -4.42. The van der Waals surface area contributed by atoms with Crippen LogP contribution < -0.4 is 15.4 Å². The van der Waals surface area contributed by atoms with E-state index >= 15 is 0 Å². The molecule has 2 atom stereocenters. The molecule has 1 heterocycles. The molecule has 0 saturated carbocycles. The number of carbonyl (C=O) groups is 4. The normalized spacial score (nSPS) is 12.7. The summed E-state index contributed by atoms with van der Waals surface area (Å²) in [5, 5.41) is 14.9. The molecule has 1 aromatic heterocycles. The molecule has 3 aromatic rings. The topological polar surface area (TPSA) is 127 Å². The Morgan fingerprint density at radius 3 is 2.15 bits per heavy atom. The minimum Gasteiger partial charge on any atom is -0.481 e. The van der Waals surface area contributed by atoms with Gasteiger partial charge in [0.1, 0.15) is 24.4 Å². The van der Waals surface area contributed by atoms with Gasteiger partial charge in [0.2, 0.25) is 17.5 Å². The lowest BCUT2D eigenvalue weighted by Crippen LogP contribution is -2.54. The monoisotopic (exact) mass is 565 g/mol. The van der Waals surface area contributed by atoms with E-state index < -0.39 is 83.6 Å². The lowest BCUT2D eigenvalue weighted by molar-refractivity contribution is -0.140. The van der Waals surface area contributed by atoms with Crippen molar-refractivity contribution in [2.75, 3.05) is 6.61 Å². The Bertz CT molecular complexity index is 1420. The number of rotatable bonds is 11. The number of aryl methyl sites for hydroxylation is 2. The minimum atomic E-state index is -1.89. The molecule has 214 valence electrons. The van der Waals surface area contributed by atoms with Gasteiger partial charge in [-0.3, -0.25) is 19.2 Å². The largest absolute Gasteiger partial charge is 0.481 e.